The molecular weight excluding hydrogens is 360 g/mol. The van der Waals surface area contributed by atoms with E-state index in [4.69, 9.17) is 4.74 Å². The zero-order valence-corrected chi connectivity index (χ0v) is 14.0. The van der Waals surface area contributed by atoms with Gasteiger partial charge in [0.2, 0.25) is 15.9 Å². The number of ether oxygens (including phenoxy) is 1. The maximum absolute atomic E-state index is 12.3. The molecule has 0 spiro atoms. The molecule has 6 nitrogen and oxygen atoms in total. The van der Waals surface area contributed by atoms with Gasteiger partial charge in [0.15, 0.2) is 0 Å². The Morgan fingerprint density at radius 2 is 1.95 bits per heavy atom. The van der Waals surface area contributed by atoms with E-state index in [0.29, 0.717) is 30.8 Å². The van der Waals surface area contributed by atoms with Crippen LogP contribution >= 0.6 is 15.9 Å². The molecule has 1 atom stereocenters. The van der Waals surface area contributed by atoms with E-state index in [9.17, 15) is 13.2 Å². The molecule has 2 rings (SSSR count). The normalized spacial score (nSPS) is 17.5. The zero-order chi connectivity index (χ0) is 15.5. The van der Waals surface area contributed by atoms with Gasteiger partial charge in [-0.05, 0) is 35.0 Å². The Kier molecular flexibility index (Phi) is 5.37. The van der Waals surface area contributed by atoms with E-state index < -0.39 is 16.1 Å². The number of hydrogen-bond acceptors (Lipinski definition) is 4. The third-order valence-electron chi connectivity index (χ3n) is 3.15. The van der Waals surface area contributed by atoms with Crippen molar-refractivity contribution >= 4 is 31.9 Å². The van der Waals surface area contributed by atoms with E-state index in [1.807, 2.05) is 0 Å². The number of amides is 1. The Bertz CT molecular complexity index is 614. The van der Waals surface area contributed by atoms with Gasteiger partial charge in [0.1, 0.15) is 0 Å². The first-order valence-electron chi connectivity index (χ1n) is 6.55. The van der Waals surface area contributed by atoms with Gasteiger partial charge in [0.05, 0.1) is 24.2 Å². The molecule has 1 aliphatic rings. The second kappa shape index (κ2) is 6.87. The molecule has 1 aromatic rings. The number of hydrogen-bond donors (Lipinski definition) is 1. The third kappa shape index (κ3) is 4.03. The van der Waals surface area contributed by atoms with E-state index in [0.717, 1.165) is 0 Å². The van der Waals surface area contributed by atoms with E-state index in [1.165, 1.54) is 6.07 Å². The Hall–Kier alpha value is -0.960. The van der Waals surface area contributed by atoms with Gasteiger partial charge >= 0.3 is 0 Å². The fraction of sp³-hybridized carbons (Fsp3) is 0.462. The summed E-state index contributed by atoms with van der Waals surface area (Å²) >= 11 is 3.20. The van der Waals surface area contributed by atoms with Gasteiger partial charge in [-0.15, -0.1) is 0 Å². The Morgan fingerprint density at radius 3 is 2.57 bits per heavy atom. The summed E-state index contributed by atoms with van der Waals surface area (Å²) < 4.78 is 32.7. The molecule has 1 aliphatic heterocycles. The molecule has 0 radical (unpaired) electrons. The molecule has 21 heavy (non-hydrogen) atoms. The van der Waals surface area contributed by atoms with Crippen molar-refractivity contribution in [2.45, 2.75) is 17.9 Å². The molecule has 1 aromatic carbocycles. The van der Waals surface area contributed by atoms with Crippen molar-refractivity contribution in [2.24, 2.45) is 0 Å². The molecule has 0 saturated carbocycles. The minimum atomic E-state index is -3.75. The Balaban J connectivity index is 2.09. The first-order valence-corrected chi connectivity index (χ1v) is 8.83. The molecule has 1 N–H and O–H groups in total. The number of nitrogens with one attached hydrogen (secondary N) is 1. The monoisotopic (exact) mass is 376 g/mol. The summed E-state index contributed by atoms with van der Waals surface area (Å²) in [6.45, 7) is 3.48. The summed E-state index contributed by atoms with van der Waals surface area (Å²) in [5.74, 6) is -0.242. The summed E-state index contributed by atoms with van der Waals surface area (Å²) in [6.07, 6.45) is 0. The maximum Gasteiger partial charge on any atom is 0.242 e. The van der Waals surface area contributed by atoms with Crippen LogP contribution in [0.5, 0.6) is 0 Å². The largest absolute Gasteiger partial charge is 0.378 e. The van der Waals surface area contributed by atoms with Gasteiger partial charge in [-0.2, -0.15) is 4.72 Å². The maximum atomic E-state index is 12.3. The molecule has 8 heteroatoms. The van der Waals surface area contributed by atoms with Crippen molar-refractivity contribution in [2.75, 3.05) is 26.3 Å². The van der Waals surface area contributed by atoms with Crippen LogP contribution in [-0.2, 0) is 19.6 Å². The summed E-state index contributed by atoms with van der Waals surface area (Å²) in [5.41, 5.74) is 0. The predicted molar refractivity (Wildman–Crippen MR) is 81.3 cm³/mol. The second-order valence-corrected chi connectivity index (χ2v) is 7.25. The molecule has 0 aromatic heterocycles. The SMILES string of the molecule is CC(NS(=O)(=O)c1ccccc1Br)C(=O)N1CCOCC1. The number of carbonyl (C=O) groups excluding carboxylic acids is 1. The lowest BCUT2D eigenvalue weighted by Crippen LogP contribution is -2.50. The van der Waals surface area contributed by atoms with E-state index in [1.54, 1.807) is 30.0 Å². The Morgan fingerprint density at radius 1 is 1.33 bits per heavy atom. The van der Waals surface area contributed by atoms with Crippen LogP contribution in [0.15, 0.2) is 33.6 Å². The molecule has 116 valence electrons. The molecule has 1 amide bonds. The topological polar surface area (TPSA) is 75.7 Å². The van der Waals surface area contributed by atoms with Crippen LogP contribution in [0, 0.1) is 0 Å². The highest BCUT2D eigenvalue weighted by atomic mass is 79.9. The van der Waals surface area contributed by atoms with Crippen LogP contribution < -0.4 is 4.72 Å². The fourth-order valence-corrected chi connectivity index (χ4v) is 4.27. The quantitative estimate of drug-likeness (QED) is 0.849. The number of halogens is 1. The molecule has 1 heterocycles. The zero-order valence-electron chi connectivity index (χ0n) is 11.6. The van der Waals surface area contributed by atoms with Gasteiger partial charge in [-0.1, -0.05) is 12.1 Å². The molecule has 0 aliphatic carbocycles. The highest BCUT2D eigenvalue weighted by Crippen LogP contribution is 2.21. The second-order valence-electron chi connectivity index (χ2n) is 4.71. The third-order valence-corrected chi connectivity index (χ3v) is 5.70. The molecule has 1 unspecified atom stereocenters. The van der Waals surface area contributed by atoms with Gasteiger partial charge in [0.25, 0.3) is 0 Å². The number of benzene rings is 1. The minimum Gasteiger partial charge on any atom is -0.378 e. The van der Waals surface area contributed by atoms with Crippen molar-refractivity contribution in [1.82, 2.24) is 9.62 Å². The minimum absolute atomic E-state index is 0.117. The number of morpholine rings is 1. The van der Waals surface area contributed by atoms with Crippen molar-refractivity contribution in [3.63, 3.8) is 0 Å². The molecule has 1 saturated heterocycles. The van der Waals surface area contributed by atoms with Crippen molar-refractivity contribution in [1.29, 1.82) is 0 Å². The van der Waals surface area contributed by atoms with E-state index >= 15 is 0 Å². The smallest absolute Gasteiger partial charge is 0.242 e. The lowest BCUT2D eigenvalue weighted by atomic mass is 10.3. The van der Waals surface area contributed by atoms with Crippen LogP contribution in [0.1, 0.15) is 6.92 Å². The first-order chi connectivity index (χ1) is 9.92. The van der Waals surface area contributed by atoms with Crippen LogP contribution in [0.4, 0.5) is 0 Å². The van der Waals surface area contributed by atoms with Gasteiger partial charge < -0.3 is 9.64 Å². The molecule has 0 bridgehead atoms. The average Bonchev–Trinajstić information content (AvgIpc) is 2.47. The summed E-state index contributed by atoms with van der Waals surface area (Å²) in [7, 11) is -3.75. The van der Waals surface area contributed by atoms with Crippen LogP contribution in [0.25, 0.3) is 0 Å². The fourth-order valence-electron chi connectivity index (χ4n) is 2.07. The average molecular weight is 377 g/mol. The van der Waals surface area contributed by atoms with Crippen LogP contribution in [-0.4, -0.2) is 51.6 Å². The van der Waals surface area contributed by atoms with Gasteiger partial charge in [-0.25, -0.2) is 8.42 Å². The van der Waals surface area contributed by atoms with E-state index in [-0.39, 0.29) is 10.8 Å². The van der Waals surface area contributed by atoms with Crippen molar-refractivity contribution in [3.8, 4) is 0 Å². The lowest BCUT2D eigenvalue weighted by molar-refractivity contribution is -0.136. The molecular formula is C13H17BrN2O4S. The summed E-state index contributed by atoms with van der Waals surface area (Å²) in [5, 5.41) is 0. The summed E-state index contributed by atoms with van der Waals surface area (Å²) in [6, 6.07) is 5.67. The first kappa shape index (κ1) is 16.4. The van der Waals surface area contributed by atoms with E-state index in [2.05, 4.69) is 20.7 Å². The highest BCUT2D eigenvalue weighted by molar-refractivity contribution is 9.10. The van der Waals surface area contributed by atoms with Crippen molar-refractivity contribution in [3.05, 3.63) is 28.7 Å². The number of rotatable bonds is 4. The van der Waals surface area contributed by atoms with Gasteiger partial charge in [-0.3, -0.25) is 4.79 Å². The number of sulfonamides is 1. The standard InChI is InChI=1S/C13H17BrN2O4S/c1-10(13(17)16-6-8-20-9-7-16)15-21(18,19)12-5-3-2-4-11(12)14/h2-5,10,15H,6-9H2,1H3. The number of carbonyl (C=O) groups is 1. The van der Waals surface area contributed by atoms with Crippen LogP contribution in [0.3, 0.4) is 0 Å². The highest BCUT2D eigenvalue weighted by Gasteiger charge is 2.27. The van der Waals surface area contributed by atoms with Crippen molar-refractivity contribution < 1.29 is 17.9 Å². The molecule has 1 fully saturated rings. The lowest BCUT2D eigenvalue weighted by Gasteiger charge is -2.29. The predicted octanol–water partition coefficient (Wildman–Crippen LogP) is 0.975. The Labute approximate surface area is 132 Å². The number of nitrogens with zero attached hydrogens (tertiary/aromatic N) is 1. The van der Waals surface area contributed by atoms with Crippen LogP contribution in [0.2, 0.25) is 0 Å². The summed E-state index contributed by atoms with van der Waals surface area (Å²) in [4.78, 5) is 13.9. The van der Waals surface area contributed by atoms with Gasteiger partial charge in [0, 0.05) is 17.6 Å².